The summed E-state index contributed by atoms with van der Waals surface area (Å²) in [4.78, 5) is 19.1. The third-order valence-electron chi connectivity index (χ3n) is 6.27. The highest BCUT2D eigenvalue weighted by atomic mass is 32.2. The highest BCUT2D eigenvalue weighted by molar-refractivity contribution is 7.90. The van der Waals surface area contributed by atoms with Crippen LogP contribution in [-0.2, 0) is 38.2 Å². The lowest BCUT2D eigenvalue weighted by molar-refractivity contribution is -0.136. The summed E-state index contributed by atoms with van der Waals surface area (Å²) in [6, 6.07) is 15.3. The van der Waals surface area contributed by atoms with E-state index in [9.17, 15) is 17.6 Å². The van der Waals surface area contributed by atoms with Crippen molar-refractivity contribution in [1.82, 2.24) is 14.5 Å². The molecule has 2 heterocycles. The molecular formula is C27H32FN3O4S. The highest BCUT2D eigenvalue weighted by Crippen LogP contribution is 2.23. The molecule has 0 radical (unpaired) electrons. The van der Waals surface area contributed by atoms with Crippen molar-refractivity contribution in [2.45, 2.75) is 56.8 Å². The molecule has 3 aromatic rings. The van der Waals surface area contributed by atoms with Crippen molar-refractivity contribution >= 4 is 15.7 Å². The van der Waals surface area contributed by atoms with Gasteiger partial charge in [-0.05, 0) is 24.5 Å². The number of amides is 1. The summed E-state index contributed by atoms with van der Waals surface area (Å²) in [6.45, 7) is 5.26. The maximum Gasteiger partial charge on any atom is 0.228 e. The highest BCUT2D eigenvalue weighted by Gasteiger charge is 2.29. The summed E-state index contributed by atoms with van der Waals surface area (Å²) < 4.78 is 48.5. The monoisotopic (exact) mass is 513 g/mol. The summed E-state index contributed by atoms with van der Waals surface area (Å²) in [5.41, 5.74) is 1.57. The summed E-state index contributed by atoms with van der Waals surface area (Å²) >= 11 is 0. The summed E-state index contributed by atoms with van der Waals surface area (Å²) in [5, 5.41) is -0.140. The fourth-order valence-corrected chi connectivity index (χ4v) is 5.92. The predicted molar refractivity (Wildman–Crippen MR) is 134 cm³/mol. The molecule has 4 rings (SSSR count). The van der Waals surface area contributed by atoms with Crippen molar-refractivity contribution in [2.75, 3.05) is 13.2 Å². The zero-order valence-electron chi connectivity index (χ0n) is 20.6. The van der Waals surface area contributed by atoms with E-state index in [0.29, 0.717) is 18.8 Å². The maximum atomic E-state index is 14.3. The lowest BCUT2D eigenvalue weighted by Gasteiger charge is -2.27. The van der Waals surface area contributed by atoms with Gasteiger partial charge in [0.2, 0.25) is 20.9 Å². The molecule has 1 aliphatic rings. The van der Waals surface area contributed by atoms with Crippen LogP contribution in [0.4, 0.5) is 4.39 Å². The van der Waals surface area contributed by atoms with E-state index in [0.717, 1.165) is 18.4 Å². The maximum absolute atomic E-state index is 14.3. The number of rotatable bonds is 10. The zero-order chi connectivity index (χ0) is 25.7. The average Bonchev–Trinajstić information content (AvgIpc) is 3.51. The second-order valence-electron chi connectivity index (χ2n) is 9.46. The number of aromatic nitrogens is 2. The molecule has 0 spiro atoms. The van der Waals surface area contributed by atoms with E-state index in [4.69, 9.17) is 4.74 Å². The van der Waals surface area contributed by atoms with Crippen LogP contribution in [0.3, 0.4) is 0 Å². The van der Waals surface area contributed by atoms with Crippen LogP contribution in [0.15, 0.2) is 66.0 Å². The SMILES string of the molecule is CC(C)C(=O)N(Cc1cnc(S(=O)(=O)Cc2ccccc2F)n1Cc1ccccc1)C[C@H]1CCCO1. The van der Waals surface area contributed by atoms with E-state index in [1.165, 1.54) is 24.4 Å². The number of carbonyl (C=O) groups excluding carboxylic acids is 1. The number of nitrogens with zero attached hydrogens (tertiary/aromatic N) is 3. The van der Waals surface area contributed by atoms with Gasteiger partial charge in [-0.3, -0.25) is 4.79 Å². The van der Waals surface area contributed by atoms with Gasteiger partial charge in [0, 0.05) is 24.6 Å². The van der Waals surface area contributed by atoms with Crippen LogP contribution in [0.1, 0.15) is 43.5 Å². The summed E-state index contributed by atoms with van der Waals surface area (Å²) in [5.74, 6) is -1.34. The molecule has 1 fully saturated rings. The Morgan fingerprint density at radius 1 is 1.17 bits per heavy atom. The minimum atomic E-state index is -3.98. The Hall–Kier alpha value is -3.04. The molecule has 1 aromatic heterocycles. The first-order valence-corrected chi connectivity index (χ1v) is 13.8. The molecule has 2 aromatic carbocycles. The Morgan fingerprint density at radius 2 is 1.89 bits per heavy atom. The average molecular weight is 514 g/mol. The van der Waals surface area contributed by atoms with Gasteiger partial charge in [0.1, 0.15) is 5.82 Å². The molecule has 9 heteroatoms. The standard InChI is InChI=1S/C27H32FN3O4S/c1-20(2)26(32)30(18-24-12-8-14-35-24)17-23-15-29-27(31(23)16-21-9-4-3-5-10-21)36(33,34)19-22-11-6-7-13-25(22)28/h3-7,9-11,13,15,20,24H,8,12,14,16-19H2,1-2H3/t24-/m1/s1. The van der Waals surface area contributed by atoms with Gasteiger partial charge in [0.15, 0.2) is 0 Å². The lowest BCUT2D eigenvalue weighted by Crippen LogP contribution is -2.39. The Kier molecular flexibility index (Phi) is 8.21. The van der Waals surface area contributed by atoms with Gasteiger partial charge in [-0.25, -0.2) is 17.8 Å². The van der Waals surface area contributed by atoms with Crippen LogP contribution in [0, 0.1) is 11.7 Å². The van der Waals surface area contributed by atoms with E-state index >= 15 is 0 Å². The second-order valence-corrected chi connectivity index (χ2v) is 11.3. The first-order chi connectivity index (χ1) is 17.2. The minimum Gasteiger partial charge on any atom is -0.376 e. The van der Waals surface area contributed by atoms with E-state index in [1.807, 2.05) is 44.2 Å². The molecule has 0 aliphatic carbocycles. The van der Waals surface area contributed by atoms with Gasteiger partial charge in [-0.15, -0.1) is 0 Å². The molecule has 0 N–H and O–H groups in total. The van der Waals surface area contributed by atoms with Gasteiger partial charge in [0.25, 0.3) is 0 Å². The molecule has 1 atom stereocenters. The first kappa shape index (κ1) is 26.0. The Labute approximate surface area is 211 Å². The van der Waals surface area contributed by atoms with Crippen LogP contribution in [0.2, 0.25) is 0 Å². The molecular weight excluding hydrogens is 481 g/mol. The quantitative estimate of drug-likeness (QED) is 0.406. The van der Waals surface area contributed by atoms with Crippen LogP contribution >= 0.6 is 0 Å². The Bertz CT molecular complexity index is 1290. The lowest BCUT2D eigenvalue weighted by atomic mass is 10.1. The Morgan fingerprint density at radius 3 is 2.56 bits per heavy atom. The third kappa shape index (κ3) is 6.20. The topological polar surface area (TPSA) is 81.5 Å². The molecule has 36 heavy (non-hydrogen) atoms. The number of hydrogen-bond donors (Lipinski definition) is 0. The molecule has 0 saturated carbocycles. The third-order valence-corrected chi connectivity index (χ3v) is 7.85. The zero-order valence-corrected chi connectivity index (χ0v) is 21.5. The van der Waals surface area contributed by atoms with Gasteiger partial charge >= 0.3 is 0 Å². The molecule has 7 nitrogen and oxygen atoms in total. The smallest absolute Gasteiger partial charge is 0.228 e. The van der Waals surface area contributed by atoms with Crippen molar-refractivity contribution in [2.24, 2.45) is 5.92 Å². The van der Waals surface area contributed by atoms with Crippen molar-refractivity contribution in [3.8, 4) is 0 Å². The van der Waals surface area contributed by atoms with Crippen LogP contribution in [0.5, 0.6) is 0 Å². The number of carbonyl (C=O) groups is 1. The molecule has 192 valence electrons. The fraction of sp³-hybridized carbons (Fsp3) is 0.407. The molecule has 0 bridgehead atoms. The van der Waals surface area contributed by atoms with Gasteiger partial charge < -0.3 is 14.2 Å². The van der Waals surface area contributed by atoms with Gasteiger partial charge in [-0.2, -0.15) is 0 Å². The molecule has 1 amide bonds. The number of halogens is 1. The van der Waals surface area contributed by atoms with Crippen molar-refractivity contribution in [3.05, 3.63) is 83.4 Å². The summed E-state index contributed by atoms with van der Waals surface area (Å²) in [6.07, 6.45) is 3.31. The van der Waals surface area contributed by atoms with E-state index in [2.05, 4.69) is 4.98 Å². The van der Waals surface area contributed by atoms with E-state index < -0.39 is 21.4 Å². The van der Waals surface area contributed by atoms with E-state index in [-0.39, 0.29) is 41.7 Å². The predicted octanol–water partition coefficient (Wildman–Crippen LogP) is 4.21. The largest absolute Gasteiger partial charge is 0.376 e. The van der Waals surface area contributed by atoms with E-state index in [1.54, 1.807) is 15.5 Å². The molecule has 1 saturated heterocycles. The van der Waals surface area contributed by atoms with Gasteiger partial charge in [0.05, 0.1) is 36.8 Å². The first-order valence-electron chi connectivity index (χ1n) is 12.2. The minimum absolute atomic E-state index is 0.0336. The number of hydrogen-bond acceptors (Lipinski definition) is 5. The molecule has 0 unspecified atom stereocenters. The number of sulfone groups is 1. The molecule has 1 aliphatic heterocycles. The fourth-order valence-electron chi connectivity index (χ4n) is 4.41. The number of ether oxygens (including phenoxy) is 1. The van der Waals surface area contributed by atoms with Crippen LogP contribution in [0.25, 0.3) is 0 Å². The number of imidazole rings is 1. The normalized spacial score (nSPS) is 15.9. The Balaban J connectivity index is 1.70. The van der Waals surface area contributed by atoms with Crippen molar-refractivity contribution < 1.29 is 22.3 Å². The summed E-state index contributed by atoms with van der Waals surface area (Å²) in [7, 11) is -3.98. The van der Waals surface area contributed by atoms with Crippen molar-refractivity contribution in [3.63, 3.8) is 0 Å². The van der Waals surface area contributed by atoms with Crippen molar-refractivity contribution in [1.29, 1.82) is 0 Å². The van der Waals surface area contributed by atoms with Crippen LogP contribution in [-0.4, -0.2) is 48.0 Å². The second kappa shape index (κ2) is 11.3. The van der Waals surface area contributed by atoms with Crippen LogP contribution < -0.4 is 0 Å². The van der Waals surface area contributed by atoms with Gasteiger partial charge in [-0.1, -0.05) is 62.4 Å². The number of benzene rings is 2.